The highest BCUT2D eigenvalue weighted by molar-refractivity contribution is 5.44. The van der Waals surface area contributed by atoms with Gasteiger partial charge in [-0.1, -0.05) is 25.0 Å². The summed E-state index contributed by atoms with van der Waals surface area (Å²) in [6.07, 6.45) is 4.07. The van der Waals surface area contributed by atoms with Crippen LogP contribution in [0.2, 0.25) is 0 Å². The predicted molar refractivity (Wildman–Crippen MR) is 62.2 cm³/mol. The molecule has 0 radical (unpaired) electrons. The molecule has 1 aromatic carbocycles. The molecule has 0 spiro atoms. The van der Waals surface area contributed by atoms with E-state index >= 15 is 0 Å². The minimum atomic E-state index is -0.349. The first-order valence-electron chi connectivity index (χ1n) is 5.57. The average molecular weight is 220 g/mol. The van der Waals surface area contributed by atoms with Gasteiger partial charge in [0.25, 0.3) is 5.69 Å². The molecule has 2 N–H and O–H groups in total. The van der Waals surface area contributed by atoms with Crippen LogP contribution in [0.4, 0.5) is 5.69 Å². The first-order valence-corrected chi connectivity index (χ1v) is 5.57. The summed E-state index contributed by atoms with van der Waals surface area (Å²) in [4.78, 5) is 10.5. The maximum absolute atomic E-state index is 10.9. The Morgan fingerprint density at radius 1 is 1.38 bits per heavy atom. The zero-order valence-electron chi connectivity index (χ0n) is 9.40. The highest BCUT2D eigenvalue weighted by Crippen LogP contribution is 2.37. The zero-order chi connectivity index (χ0) is 11.8. The molecule has 0 aliphatic heterocycles. The minimum absolute atomic E-state index is 0.175. The molecule has 1 saturated carbocycles. The Kier molecular flexibility index (Phi) is 2.68. The Bertz CT molecular complexity index is 423. The zero-order valence-corrected chi connectivity index (χ0v) is 9.40. The van der Waals surface area contributed by atoms with Crippen LogP contribution in [0.25, 0.3) is 0 Å². The van der Waals surface area contributed by atoms with Crippen LogP contribution < -0.4 is 5.73 Å². The second-order valence-electron chi connectivity index (χ2n) is 4.62. The topological polar surface area (TPSA) is 69.2 Å². The third-order valence-corrected chi connectivity index (χ3v) is 3.48. The number of nitro benzene ring substituents is 1. The van der Waals surface area contributed by atoms with Crippen LogP contribution in [0, 0.1) is 17.0 Å². The Morgan fingerprint density at radius 3 is 2.56 bits per heavy atom. The second kappa shape index (κ2) is 3.87. The van der Waals surface area contributed by atoms with E-state index in [-0.39, 0.29) is 16.1 Å². The van der Waals surface area contributed by atoms with Gasteiger partial charge in [-0.25, -0.2) is 0 Å². The molecule has 1 fully saturated rings. The van der Waals surface area contributed by atoms with E-state index in [0.717, 1.165) is 31.2 Å². The van der Waals surface area contributed by atoms with Gasteiger partial charge in [0.15, 0.2) is 0 Å². The molecule has 4 heteroatoms. The monoisotopic (exact) mass is 220 g/mol. The van der Waals surface area contributed by atoms with Gasteiger partial charge in [0, 0.05) is 17.2 Å². The van der Waals surface area contributed by atoms with Gasteiger partial charge in [0.1, 0.15) is 0 Å². The van der Waals surface area contributed by atoms with Gasteiger partial charge in [-0.15, -0.1) is 0 Å². The smallest absolute Gasteiger partial charge is 0.272 e. The van der Waals surface area contributed by atoms with E-state index in [2.05, 4.69) is 0 Å². The average Bonchev–Trinajstić information content (AvgIpc) is 2.66. The quantitative estimate of drug-likeness (QED) is 0.615. The van der Waals surface area contributed by atoms with E-state index in [1.54, 1.807) is 19.1 Å². The van der Waals surface area contributed by atoms with Crippen molar-refractivity contribution in [1.29, 1.82) is 0 Å². The highest BCUT2D eigenvalue weighted by atomic mass is 16.6. The van der Waals surface area contributed by atoms with Crippen LogP contribution in [0.5, 0.6) is 0 Å². The first-order chi connectivity index (χ1) is 7.53. The van der Waals surface area contributed by atoms with Crippen molar-refractivity contribution in [3.8, 4) is 0 Å². The number of nitrogens with zero attached hydrogens (tertiary/aromatic N) is 1. The number of hydrogen-bond acceptors (Lipinski definition) is 3. The summed E-state index contributed by atoms with van der Waals surface area (Å²) in [6.45, 7) is 1.75. The number of benzene rings is 1. The third kappa shape index (κ3) is 1.80. The lowest BCUT2D eigenvalue weighted by Crippen LogP contribution is -2.33. The molecule has 4 nitrogen and oxygen atoms in total. The summed E-state index contributed by atoms with van der Waals surface area (Å²) in [5.41, 5.74) is 7.70. The molecule has 0 amide bonds. The van der Waals surface area contributed by atoms with Crippen LogP contribution in [-0.4, -0.2) is 4.92 Å². The molecule has 0 unspecified atom stereocenters. The Balaban J connectivity index is 2.43. The number of rotatable bonds is 2. The van der Waals surface area contributed by atoms with Gasteiger partial charge in [-0.2, -0.15) is 0 Å². The number of aryl methyl sites for hydroxylation is 1. The van der Waals surface area contributed by atoms with Crippen molar-refractivity contribution in [2.24, 2.45) is 5.73 Å². The number of nitrogens with two attached hydrogens (primary N) is 1. The normalized spacial score (nSPS) is 18.6. The van der Waals surface area contributed by atoms with Crippen molar-refractivity contribution in [1.82, 2.24) is 0 Å². The molecule has 16 heavy (non-hydrogen) atoms. The van der Waals surface area contributed by atoms with Crippen LogP contribution in [0.15, 0.2) is 18.2 Å². The van der Waals surface area contributed by atoms with Gasteiger partial charge in [0.2, 0.25) is 0 Å². The maximum Gasteiger partial charge on any atom is 0.272 e. The van der Waals surface area contributed by atoms with Crippen LogP contribution in [0.3, 0.4) is 0 Å². The molecular weight excluding hydrogens is 204 g/mol. The fraction of sp³-hybridized carbons (Fsp3) is 0.500. The van der Waals surface area contributed by atoms with E-state index in [0.29, 0.717) is 5.56 Å². The third-order valence-electron chi connectivity index (χ3n) is 3.48. The molecule has 0 bridgehead atoms. The fourth-order valence-corrected chi connectivity index (χ4v) is 2.41. The van der Waals surface area contributed by atoms with Gasteiger partial charge >= 0.3 is 0 Å². The minimum Gasteiger partial charge on any atom is -0.321 e. The molecule has 0 heterocycles. The first kappa shape index (κ1) is 11.1. The summed E-state index contributed by atoms with van der Waals surface area (Å²) in [6, 6.07) is 5.36. The van der Waals surface area contributed by atoms with Gasteiger partial charge in [-0.05, 0) is 25.3 Å². The Labute approximate surface area is 94.6 Å². The van der Waals surface area contributed by atoms with E-state index in [1.165, 1.54) is 0 Å². The maximum atomic E-state index is 10.9. The van der Waals surface area contributed by atoms with Gasteiger partial charge in [0.05, 0.1) is 4.92 Å². The van der Waals surface area contributed by atoms with Crippen molar-refractivity contribution in [3.05, 3.63) is 39.4 Å². The van der Waals surface area contributed by atoms with Crippen LogP contribution >= 0.6 is 0 Å². The molecule has 2 rings (SSSR count). The van der Waals surface area contributed by atoms with E-state index in [1.807, 2.05) is 6.07 Å². The molecule has 86 valence electrons. The van der Waals surface area contributed by atoms with Crippen LogP contribution in [0.1, 0.15) is 36.8 Å². The highest BCUT2D eigenvalue weighted by Gasteiger charge is 2.32. The Hall–Kier alpha value is -1.42. The fourth-order valence-electron chi connectivity index (χ4n) is 2.41. The summed E-state index contributed by atoms with van der Waals surface area (Å²) in [5.74, 6) is 0. The number of hydrogen-bond donors (Lipinski definition) is 1. The lowest BCUT2D eigenvalue weighted by Gasteiger charge is -2.24. The van der Waals surface area contributed by atoms with Crippen LogP contribution in [-0.2, 0) is 5.54 Å². The molecule has 1 aliphatic rings. The predicted octanol–water partition coefficient (Wildman–Crippen LogP) is 2.63. The lowest BCUT2D eigenvalue weighted by molar-refractivity contribution is -0.385. The van der Waals surface area contributed by atoms with Crippen molar-refractivity contribution in [3.63, 3.8) is 0 Å². The van der Waals surface area contributed by atoms with Crippen molar-refractivity contribution in [2.45, 2.75) is 38.1 Å². The molecule has 1 aromatic rings. The standard InChI is InChI=1S/C12H16N2O2/c1-9-4-5-10(8-11(9)14(15)16)12(13)6-2-3-7-12/h4-5,8H,2-3,6-7,13H2,1H3. The van der Waals surface area contributed by atoms with Gasteiger partial charge < -0.3 is 5.73 Å². The summed E-state index contributed by atoms with van der Waals surface area (Å²) < 4.78 is 0. The van der Waals surface area contributed by atoms with Crippen molar-refractivity contribution >= 4 is 5.69 Å². The van der Waals surface area contributed by atoms with Gasteiger partial charge in [-0.3, -0.25) is 10.1 Å². The molecule has 0 aromatic heterocycles. The molecule has 0 saturated heterocycles. The molecular formula is C12H16N2O2. The SMILES string of the molecule is Cc1ccc(C2(N)CCCC2)cc1[N+](=O)[O-]. The largest absolute Gasteiger partial charge is 0.321 e. The summed E-state index contributed by atoms with van der Waals surface area (Å²) in [7, 11) is 0. The Morgan fingerprint density at radius 2 is 2.00 bits per heavy atom. The second-order valence-corrected chi connectivity index (χ2v) is 4.62. The summed E-state index contributed by atoms with van der Waals surface area (Å²) in [5, 5.41) is 10.9. The van der Waals surface area contributed by atoms with E-state index < -0.39 is 0 Å². The van der Waals surface area contributed by atoms with E-state index in [4.69, 9.17) is 5.73 Å². The summed E-state index contributed by atoms with van der Waals surface area (Å²) >= 11 is 0. The van der Waals surface area contributed by atoms with Crippen molar-refractivity contribution in [2.75, 3.05) is 0 Å². The molecule has 1 aliphatic carbocycles. The number of nitro groups is 1. The van der Waals surface area contributed by atoms with E-state index in [9.17, 15) is 10.1 Å². The molecule has 0 atom stereocenters. The lowest BCUT2D eigenvalue weighted by atomic mass is 9.88. The van der Waals surface area contributed by atoms with Crippen molar-refractivity contribution < 1.29 is 4.92 Å².